The molecule has 2 saturated heterocycles. The van der Waals surface area contributed by atoms with E-state index in [9.17, 15) is 0 Å². The summed E-state index contributed by atoms with van der Waals surface area (Å²) in [6.45, 7) is 3.58. The van der Waals surface area contributed by atoms with Crippen LogP contribution in [-0.2, 0) is 0 Å². The number of hydrogen-bond acceptors (Lipinski definition) is 2. The van der Waals surface area contributed by atoms with Crippen molar-refractivity contribution in [2.45, 2.75) is 31.3 Å². The summed E-state index contributed by atoms with van der Waals surface area (Å²) in [4.78, 5) is 2.72. The van der Waals surface area contributed by atoms with E-state index in [-0.39, 0.29) is 0 Å². The van der Waals surface area contributed by atoms with Crippen molar-refractivity contribution in [3.63, 3.8) is 0 Å². The lowest BCUT2D eigenvalue weighted by molar-refractivity contribution is 0.192. The molecule has 2 atom stereocenters. The largest absolute Gasteiger partial charge is 0.315 e. The molecule has 1 N–H and O–H groups in total. The molecule has 0 spiro atoms. The monoisotopic (exact) mass is 216 g/mol. The molecule has 0 saturated carbocycles. The molecule has 0 radical (unpaired) electrons. The summed E-state index contributed by atoms with van der Waals surface area (Å²) < 4.78 is 0. The van der Waals surface area contributed by atoms with Crippen LogP contribution >= 0.6 is 0 Å². The van der Waals surface area contributed by atoms with Crippen molar-refractivity contribution in [2.24, 2.45) is 0 Å². The van der Waals surface area contributed by atoms with E-state index in [1.807, 2.05) is 0 Å². The van der Waals surface area contributed by atoms with Gasteiger partial charge in [-0.25, -0.2) is 0 Å². The lowest BCUT2D eigenvalue weighted by Gasteiger charge is -2.30. The lowest BCUT2D eigenvalue weighted by Crippen LogP contribution is -2.34. The van der Waals surface area contributed by atoms with Gasteiger partial charge in [-0.15, -0.1) is 0 Å². The van der Waals surface area contributed by atoms with E-state index in [1.54, 1.807) is 0 Å². The van der Waals surface area contributed by atoms with E-state index in [0.717, 1.165) is 12.6 Å². The van der Waals surface area contributed by atoms with Crippen molar-refractivity contribution >= 4 is 0 Å². The van der Waals surface area contributed by atoms with Gasteiger partial charge < -0.3 is 5.32 Å². The van der Waals surface area contributed by atoms with Gasteiger partial charge in [-0.05, 0) is 37.9 Å². The molecule has 2 aliphatic rings. The Labute approximate surface area is 97.6 Å². The third-order valence-corrected chi connectivity index (χ3v) is 4.00. The molecule has 1 aromatic rings. The highest BCUT2D eigenvalue weighted by Gasteiger charge is 2.32. The maximum Gasteiger partial charge on any atom is 0.0475 e. The molecule has 2 nitrogen and oxygen atoms in total. The van der Waals surface area contributed by atoms with Gasteiger partial charge in [0.05, 0.1) is 0 Å². The van der Waals surface area contributed by atoms with E-state index in [0.29, 0.717) is 6.04 Å². The Morgan fingerprint density at radius 2 is 2.00 bits per heavy atom. The Hall–Kier alpha value is -0.860. The number of rotatable bonds is 1. The Morgan fingerprint density at radius 1 is 1.12 bits per heavy atom. The van der Waals surface area contributed by atoms with Crippen LogP contribution in [0.3, 0.4) is 0 Å². The SMILES string of the molecule is c1ccc(C2CNCCC3CCCN32)cc1. The highest BCUT2D eigenvalue weighted by atomic mass is 15.2. The van der Waals surface area contributed by atoms with Crippen LogP contribution in [0, 0.1) is 0 Å². The fourth-order valence-electron chi connectivity index (χ4n) is 3.19. The highest BCUT2D eigenvalue weighted by molar-refractivity contribution is 5.20. The van der Waals surface area contributed by atoms with Gasteiger partial charge in [-0.2, -0.15) is 0 Å². The number of hydrogen-bond donors (Lipinski definition) is 1. The van der Waals surface area contributed by atoms with Crippen molar-refractivity contribution in [1.29, 1.82) is 0 Å². The molecule has 2 aliphatic heterocycles. The first-order valence-corrected chi connectivity index (χ1v) is 6.46. The summed E-state index contributed by atoms with van der Waals surface area (Å²) in [5.41, 5.74) is 1.48. The summed E-state index contributed by atoms with van der Waals surface area (Å²) >= 11 is 0. The molecule has 86 valence electrons. The van der Waals surface area contributed by atoms with Gasteiger partial charge >= 0.3 is 0 Å². The van der Waals surface area contributed by atoms with Gasteiger partial charge in [0.15, 0.2) is 0 Å². The minimum Gasteiger partial charge on any atom is -0.315 e. The smallest absolute Gasteiger partial charge is 0.0475 e. The van der Waals surface area contributed by atoms with Crippen LogP contribution in [0.15, 0.2) is 30.3 Å². The second-order valence-electron chi connectivity index (χ2n) is 4.95. The molecule has 2 fully saturated rings. The second-order valence-corrected chi connectivity index (χ2v) is 4.95. The molecule has 2 heterocycles. The average molecular weight is 216 g/mol. The Balaban J connectivity index is 1.87. The predicted molar refractivity (Wildman–Crippen MR) is 66.4 cm³/mol. The molecule has 16 heavy (non-hydrogen) atoms. The number of fused-ring (bicyclic) bond motifs is 1. The molecule has 2 unspecified atom stereocenters. The molecule has 0 amide bonds. The molecule has 0 aromatic heterocycles. The van der Waals surface area contributed by atoms with Crippen molar-refractivity contribution in [3.8, 4) is 0 Å². The van der Waals surface area contributed by atoms with Gasteiger partial charge in [-0.1, -0.05) is 30.3 Å². The predicted octanol–water partition coefficient (Wildman–Crippen LogP) is 2.19. The van der Waals surface area contributed by atoms with E-state index in [4.69, 9.17) is 0 Å². The molecular formula is C14H20N2. The van der Waals surface area contributed by atoms with Crippen molar-refractivity contribution < 1.29 is 0 Å². The standard InChI is InChI=1S/C14H20N2/c1-2-5-12(6-3-1)14-11-15-9-8-13-7-4-10-16(13)14/h1-3,5-6,13-15H,4,7-11H2. The lowest BCUT2D eigenvalue weighted by atomic mass is 10.0. The summed E-state index contributed by atoms with van der Waals surface area (Å²) in [5, 5.41) is 3.58. The summed E-state index contributed by atoms with van der Waals surface area (Å²) in [6.07, 6.45) is 4.10. The Kier molecular flexibility index (Phi) is 2.94. The van der Waals surface area contributed by atoms with Gasteiger partial charge in [-0.3, -0.25) is 4.90 Å². The van der Waals surface area contributed by atoms with Crippen LogP contribution in [0.25, 0.3) is 0 Å². The zero-order chi connectivity index (χ0) is 10.8. The van der Waals surface area contributed by atoms with E-state index < -0.39 is 0 Å². The van der Waals surface area contributed by atoms with Crippen LogP contribution in [0.2, 0.25) is 0 Å². The minimum absolute atomic E-state index is 0.594. The minimum atomic E-state index is 0.594. The highest BCUT2D eigenvalue weighted by Crippen LogP contribution is 2.31. The number of nitrogens with one attached hydrogen (secondary N) is 1. The van der Waals surface area contributed by atoms with Gasteiger partial charge in [0, 0.05) is 18.6 Å². The average Bonchev–Trinajstić information content (AvgIpc) is 2.70. The van der Waals surface area contributed by atoms with Crippen molar-refractivity contribution in [2.75, 3.05) is 19.6 Å². The molecule has 0 aliphatic carbocycles. The maximum atomic E-state index is 3.58. The number of benzene rings is 1. The molecule has 0 bridgehead atoms. The zero-order valence-corrected chi connectivity index (χ0v) is 9.73. The summed E-state index contributed by atoms with van der Waals surface area (Å²) in [7, 11) is 0. The molecule has 2 heteroatoms. The van der Waals surface area contributed by atoms with E-state index in [1.165, 1.54) is 37.9 Å². The molecular weight excluding hydrogens is 196 g/mol. The van der Waals surface area contributed by atoms with Crippen molar-refractivity contribution in [1.82, 2.24) is 10.2 Å². The molecule has 3 rings (SSSR count). The van der Waals surface area contributed by atoms with Crippen LogP contribution < -0.4 is 5.32 Å². The summed E-state index contributed by atoms with van der Waals surface area (Å²) in [6, 6.07) is 12.4. The van der Waals surface area contributed by atoms with E-state index in [2.05, 4.69) is 40.5 Å². The zero-order valence-electron chi connectivity index (χ0n) is 9.73. The van der Waals surface area contributed by atoms with Crippen LogP contribution in [0.4, 0.5) is 0 Å². The second kappa shape index (κ2) is 4.56. The van der Waals surface area contributed by atoms with Gasteiger partial charge in [0.2, 0.25) is 0 Å². The Bertz CT molecular complexity index is 336. The maximum absolute atomic E-state index is 3.58. The third-order valence-electron chi connectivity index (χ3n) is 4.00. The quantitative estimate of drug-likeness (QED) is 0.774. The first-order valence-electron chi connectivity index (χ1n) is 6.46. The van der Waals surface area contributed by atoms with Gasteiger partial charge in [0.25, 0.3) is 0 Å². The fourth-order valence-corrected chi connectivity index (χ4v) is 3.19. The number of nitrogens with zero attached hydrogens (tertiary/aromatic N) is 1. The van der Waals surface area contributed by atoms with Crippen LogP contribution in [-0.4, -0.2) is 30.6 Å². The fraction of sp³-hybridized carbons (Fsp3) is 0.571. The van der Waals surface area contributed by atoms with Gasteiger partial charge in [0.1, 0.15) is 0 Å². The first kappa shape index (κ1) is 10.3. The normalized spacial score (nSPS) is 31.0. The third kappa shape index (κ3) is 1.87. The molecule has 1 aromatic carbocycles. The Morgan fingerprint density at radius 3 is 2.88 bits per heavy atom. The van der Waals surface area contributed by atoms with Crippen LogP contribution in [0.5, 0.6) is 0 Å². The first-order chi connectivity index (χ1) is 7.95. The topological polar surface area (TPSA) is 15.3 Å². The van der Waals surface area contributed by atoms with Crippen molar-refractivity contribution in [3.05, 3.63) is 35.9 Å². The van der Waals surface area contributed by atoms with E-state index >= 15 is 0 Å². The van der Waals surface area contributed by atoms with Crippen LogP contribution in [0.1, 0.15) is 30.9 Å². The summed E-state index contributed by atoms with van der Waals surface area (Å²) in [5.74, 6) is 0.